The molecular weight excluding hydrogens is 214 g/mol. The van der Waals surface area contributed by atoms with Crippen molar-refractivity contribution in [2.24, 2.45) is 5.73 Å². The fourth-order valence-electron chi connectivity index (χ4n) is 1.81. The zero-order valence-corrected chi connectivity index (χ0v) is 8.47. The van der Waals surface area contributed by atoms with Crippen LogP contribution in [0.3, 0.4) is 0 Å². The highest BCUT2D eigenvalue weighted by Crippen LogP contribution is 2.29. The zero-order valence-electron chi connectivity index (χ0n) is 6.89. The summed E-state index contributed by atoms with van der Waals surface area (Å²) in [4.78, 5) is 0. The van der Waals surface area contributed by atoms with Gasteiger partial charge in [0.15, 0.2) is 0 Å². The van der Waals surface area contributed by atoms with Gasteiger partial charge in [-0.1, -0.05) is 22.0 Å². The Kier molecular flexibility index (Phi) is 2.20. The van der Waals surface area contributed by atoms with Gasteiger partial charge in [-0.15, -0.1) is 0 Å². The lowest BCUT2D eigenvalue weighted by molar-refractivity contribution is 0.570. The lowest BCUT2D eigenvalue weighted by Crippen LogP contribution is -2.17. The van der Waals surface area contributed by atoms with Gasteiger partial charge in [-0.2, -0.15) is 0 Å². The van der Waals surface area contributed by atoms with E-state index in [1.807, 2.05) is 0 Å². The van der Waals surface area contributed by atoms with Crippen LogP contribution in [-0.4, -0.2) is 0 Å². The van der Waals surface area contributed by atoms with E-state index in [-0.39, 0.29) is 6.04 Å². The van der Waals surface area contributed by atoms with Crippen molar-refractivity contribution in [1.29, 1.82) is 0 Å². The van der Waals surface area contributed by atoms with E-state index in [2.05, 4.69) is 34.1 Å². The molecule has 0 unspecified atom stereocenters. The van der Waals surface area contributed by atoms with E-state index in [0.717, 1.165) is 10.9 Å². The first-order valence-corrected chi connectivity index (χ1v) is 5.10. The monoisotopic (exact) mass is 225 g/mol. The fourth-order valence-corrected chi connectivity index (χ4v) is 2.19. The van der Waals surface area contributed by atoms with Crippen molar-refractivity contribution in [3.05, 3.63) is 33.8 Å². The summed E-state index contributed by atoms with van der Waals surface area (Å²) in [5.74, 6) is 0. The zero-order chi connectivity index (χ0) is 8.55. The van der Waals surface area contributed by atoms with Gasteiger partial charge in [0.1, 0.15) is 0 Å². The number of aryl methyl sites for hydroxylation is 1. The van der Waals surface area contributed by atoms with Gasteiger partial charge in [0.2, 0.25) is 0 Å². The summed E-state index contributed by atoms with van der Waals surface area (Å²) in [6.07, 6.45) is 3.55. The van der Waals surface area contributed by atoms with Crippen LogP contribution >= 0.6 is 15.9 Å². The molecule has 0 saturated carbocycles. The highest BCUT2D eigenvalue weighted by Gasteiger charge is 2.15. The van der Waals surface area contributed by atoms with Crippen LogP contribution in [0.4, 0.5) is 0 Å². The second-order valence-electron chi connectivity index (χ2n) is 3.34. The van der Waals surface area contributed by atoms with Gasteiger partial charge < -0.3 is 5.73 Å². The Morgan fingerprint density at radius 3 is 3.08 bits per heavy atom. The molecule has 1 nitrogen and oxygen atoms in total. The van der Waals surface area contributed by atoms with Crippen molar-refractivity contribution in [3.63, 3.8) is 0 Å². The molecule has 12 heavy (non-hydrogen) atoms. The van der Waals surface area contributed by atoms with E-state index >= 15 is 0 Å². The summed E-state index contributed by atoms with van der Waals surface area (Å²) in [5.41, 5.74) is 8.75. The van der Waals surface area contributed by atoms with E-state index in [9.17, 15) is 0 Å². The Hall–Kier alpha value is -0.340. The minimum absolute atomic E-state index is 0.256. The highest BCUT2D eigenvalue weighted by atomic mass is 79.9. The maximum absolute atomic E-state index is 5.99. The molecule has 0 fully saturated rings. The molecule has 1 aromatic rings. The van der Waals surface area contributed by atoms with Gasteiger partial charge in [-0.3, -0.25) is 0 Å². The number of rotatable bonds is 0. The Morgan fingerprint density at radius 2 is 2.25 bits per heavy atom. The summed E-state index contributed by atoms with van der Waals surface area (Å²) in [5, 5.41) is 0. The molecule has 0 radical (unpaired) electrons. The lowest BCUT2D eigenvalue weighted by atomic mass is 9.88. The van der Waals surface area contributed by atoms with Gasteiger partial charge >= 0.3 is 0 Å². The van der Waals surface area contributed by atoms with Gasteiger partial charge in [0, 0.05) is 10.5 Å². The fraction of sp³-hybridized carbons (Fsp3) is 0.400. The van der Waals surface area contributed by atoms with E-state index in [1.165, 1.54) is 24.0 Å². The molecule has 0 bridgehead atoms. The molecule has 2 rings (SSSR count). The van der Waals surface area contributed by atoms with Crippen LogP contribution in [0, 0.1) is 0 Å². The molecule has 1 aliphatic rings. The van der Waals surface area contributed by atoms with Crippen LogP contribution in [0.15, 0.2) is 22.7 Å². The molecule has 1 atom stereocenters. The van der Waals surface area contributed by atoms with Crippen molar-refractivity contribution in [1.82, 2.24) is 0 Å². The number of nitrogens with two attached hydrogens (primary N) is 1. The van der Waals surface area contributed by atoms with E-state index in [0.29, 0.717) is 0 Å². The first-order chi connectivity index (χ1) is 5.77. The molecule has 2 heteroatoms. The summed E-state index contributed by atoms with van der Waals surface area (Å²) >= 11 is 3.46. The molecule has 0 aromatic heterocycles. The quantitative estimate of drug-likeness (QED) is 0.723. The van der Waals surface area contributed by atoms with Gasteiger partial charge in [-0.25, -0.2) is 0 Å². The molecule has 0 spiro atoms. The molecular formula is C10H12BrN. The SMILES string of the molecule is N[C@@H]1CCCc2ccc(Br)cc21. The number of hydrogen-bond donors (Lipinski definition) is 1. The summed E-state index contributed by atoms with van der Waals surface area (Å²) < 4.78 is 1.14. The molecule has 0 amide bonds. The van der Waals surface area contributed by atoms with Crippen molar-refractivity contribution in [3.8, 4) is 0 Å². The van der Waals surface area contributed by atoms with Crippen molar-refractivity contribution < 1.29 is 0 Å². The predicted octanol–water partition coefficient (Wildman–Crippen LogP) is 2.79. The highest BCUT2D eigenvalue weighted by molar-refractivity contribution is 9.10. The third kappa shape index (κ3) is 1.41. The van der Waals surface area contributed by atoms with Crippen LogP contribution < -0.4 is 5.73 Å². The van der Waals surface area contributed by atoms with Crippen molar-refractivity contribution in [2.45, 2.75) is 25.3 Å². The normalized spacial score (nSPS) is 22.0. The molecule has 0 aliphatic heterocycles. The third-order valence-electron chi connectivity index (χ3n) is 2.47. The lowest BCUT2D eigenvalue weighted by Gasteiger charge is -2.22. The maximum atomic E-state index is 5.99. The first kappa shape index (κ1) is 8.27. The van der Waals surface area contributed by atoms with Crippen LogP contribution in [0.2, 0.25) is 0 Å². The minimum atomic E-state index is 0.256. The summed E-state index contributed by atoms with van der Waals surface area (Å²) in [6.45, 7) is 0. The van der Waals surface area contributed by atoms with Crippen molar-refractivity contribution >= 4 is 15.9 Å². The second-order valence-corrected chi connectivity index (χ2v) is 4.26. The van der Waals surface area contributed by atoms with Crippen LogP contribution in [0.25, 0.3) is 0 Å². The Balaban J connectivity index is 2.47. The average Bonchev–Trinajstić information content (AvgIpc) is 2.07. The molecule has 0 heterocycles. The Labute approximate surface area is 81.1 Å². The molecule has 1 aromatic carbocycles. The Bertz CT molecular complexity index is 296. The summed E-state index contributed by atoms with van der Waals surface area (Å²) in [7, 11) is 0. The smallest absolute Gasteiger partial charge is 0.0298 e. The third-order valence-corrected chi connectivity index (χ3v) is 2.96. The number of hydrogen-bond acceptors (Lipinski definition) is 1. The van der Waals surface area contributed by atoms with E-state index < -0.39 is 0 Å². The maximum Gasteiger partial charge on any atom is 0.0298 e. The topological polar surface area (TPSA) is 26.0 Å². The predicted molar refractivity (Wildman–Crippen MR) is 54.0 cm³/mol. The van der Waals surface area contributed by atoms with Crippen molar-refractivity contribution in [2.75, 3.05) is 0 Å². The van der Waals surface area contributed by atoms with Gasteiger partial charge in [0.25, 0.3) is 0 Å². The van der Waals surface area contributed by atoms with Gasteiger partial charge in [-0.05, 0) is 42.5 Å². The largest absolute Gasteiger partial charge is 0.324 e. The van der Waals surface area contributed by atoms with E-state index in [4.69, 9.17) is 5.73 Å². The first-order valence-electron chi connectivity index (χ1n) is 4.31. The van der Waals surface area contributed by atoms with Crippen LogP contribution in [-0.2, 0) is 6.42 Å². The average molecular weight is 226 g/mol. The standard InChI is InChI=1S/C10H12BrN/c11-8-5-4-7-2-1-3-10(12)9(7)6-8/h4-6,10H,1-3,12H2/t10-/m1/s1. The second kappa shape index (κ2) is 3.19. The molecule has 64 valence electrons. The Morgan fingerprint density at radius 1 is 1.42 bits per heavy atom. The molecule has 2 N–H and O–H groups in total. The van der Waals surface area contributed by atoms with E-state index in [1.54, 1.807) is 0 Å². The van der Waals surface area contributed by atoms with Gasteiger partial charge in [0.05, 0.1) is 0 Å². The number of benzene rings is 1. The van der Waals surface area contributed by atoms with Crippen LogP contribution in [0.5, 0.6) is 0 Å². The van der Waals surface area contributed by atoms with Crippen LogP contribution in [0.1, 0.15) is 30.0 Å². The number of fused-ring (bicyclic) bond motifs is 1. The summed E-state index contributed by atoms with van der Waals surface area (Å²) in [6, 6.07) is 6.68. The number of halogens is 1. The molecule has 1 aliphatic carbocycles. The minimum Gasteiger partial charge on any atom is -0.324 e. The molecule has 0 saturated heterocycles.